The van der Waals surface area contributed by atoms with Gasteiger partial charge in [0.05, 0.1) is 27.9 Å². The fourth-order valence-corrected chi connectivity index (χ4v) is 3.39. The second-order valence-electron chi connectivity index (χ2n) is 6.30. The third kappa shape index (κ3) is 3.38. The number of hydrogen-bond donors (Lipinski definition) is 1. The van der Waals surface area contributed by atoms with Crippen LogP contribution < -0.4 is 4.72 Å². The zero-order chi connectivity index (χ0) is 16.5. The number of carbonyl (C=O) groups excluding carboxylic acids is 1. The van der Waals surface area contributed by atoms with E-state index < -0.39 is 21.7 Å². The summed E-state index contributed by atoms with van der Waals surface area (Å²) >= 11 is 0. The van der Waals surface area contributed by atoms with Gasteiger partial charge in [-0.2, -0.15) is 0 Å². The minimum atomic E-state index is -1.30. The van der Waals surface area contributed by atoms with Crippen LogP contribution in [0.5, 0.6) is 0 Å². The van der Waals surface area contributed by atoms with Crippen molar-refractivity contribution in [2.24, 2.45) is 0 Å². The van der Waals surface area contributed by atoms with Crippen LogP contribution in [-0.2, 0) is 22.1 Å². The number of rotatable bonds is 4. The molecule has 0 radical (unpaired) electrons. The van der Waals surface area contributed by atoms with E-state index in [1.807, 2.05) is 20.8 Å². The van der Waals surface area contributed by atoms with Gasteiger partial charge in [0.25, 0.3) is 0 Å². The lowest BCUT2D eigenvalue weighted by Crippen LogP contribution is -2.35. The highest BCUT2D eigenvalue weighted by molar-refractivity contribution is 7.84. The summed E-state index contributed by atoms with van der Waals surface area (Å²) in [6.45, 7) is 7.59. The van der Waals surface area contributed by atoms with Crippen molar-refractivity contribution in [3.63, 3.8) is 0 Å². The average Bonchev–Trinajstić information content (AvgIpc) is 2.83. The predicted molar refractivity (Wildman–Crippen MR) is 84.4 cm³/mol. The second kappa shape index (κ2) is 6.46. The molecule has 2 rings (SSSR count). The summed E-state index contributed by atoms with van der Waals surface area (Å²) < 4.78 is 34.1. The van der Waals surface area contributed by atoms with E-state index in [-0.39, 0.29) is 18.5 Å². The molecule has 1 aliphatic rings. The van der Waals surface area contributed by atoms with Crippen molar-refractivity contribution in [1.29, 1.82) is 0 Å². The SMILES string of the molecule is CCOC(=O)c1ccc(F)c2c1CC[C@@H]2N[S@@](=O)C(C)(C)C. The fraction of sp³-hybridized carbons (Fsp3) is 0.562. The van der Waals surface area contributed by atoms with Gasteiger partial charge in [0.1, 0.15) is 5.82 Å². The Bertz CT molecular complexity index is 610. The molecular formula is C16H22FNO3S. The molecule has 0 bridgehead atoms. The summed E-state index contributed by atoms with van der Waals surface area (Å²) in [5.41, 5.74) is 1.52. The minimum Gasteiger partial charge on any atom is -0.462 e. The molecule has 1 aromatic carbocycles. The summed E-state index contributed by atoms with van der Waals surface area (Å²) in [5, 5.41) is 0. The Balaban J connectivity index is 2.33. The molecule has 1 aromatic rings. The molecule has 0 heterocycles. The lowest BCUT2D eigenvalue weighted by Gasteiger charge is -2.22. The molecule has 1 N–H and O–H groups in total. The topological polar surface area (TPSA) is 55.4 Å². The van der Waals surface area contributed by atoms with Gasteiger partial charge in [-0.25, -0.2) is 18.1 Å². The maximum absolute atomic E-state index is 14.2. The van der Waals surface area contributed by atoms with Crippen molar-refractivity contribution in [3.05, 3.63) is 34.6 Å². The van der Waals surface area contributed by atoms with Crippen molar-refractivity contribution < 1.29 is 18.1 Å². The molecule has 22 heavy (non-hydrogen) atoms. The van der Waals surface area contributed by atoms with E-state index in [1.54, 1.807) is 6.92 Å². The van der Waals surface area contributed by atoms with Gasteiger partial charge >= 0.3 is 5.97 Å². The number of esters is 1. The molecule has 0 amide bonds. The summed E-state index contributed by atoms with van der Waals surface area (Å²) in [6, 6.07) is 2.41. The van der Waals surface area contributed by atoms with Crippen LogP contribution in [0.2, 0.25) is 0 Å². The predicted octanol–water partition coefficient (Wildman–Crippen LogP) is 3.04. The molecule has 2 atom stereocenters. The smallest absolute Gasteiger partial charge is 0.338 e. The zero-order valence-electron chi connectivity index (χ0n) is 13.4. The van der Waals surface area contributed by atoms with Crippen molar-refractivity contribution in [2.75, 3.05) is 6.61 Å². The number of benzene rings is 1. The van der Waals surface area contributed by atoms with Crippen molar-refractivity contribution in [2.45, 2.75) is 51.3 Å². The molecule has 122 valence electrons. The molecule has 0 saturated heterocycles. The maximum atomic E-state index is 14.2. The van der Waals surface area contributed by atoms with Crippen LogP contribution in [-0.4, -0.2) is 21.5 Å². The second-order valence-corrected chi connectivity index (χ2v) is 8.30. The minimum absolute atomic E-state index is 0.278. The quantitative estimate of drug-likeness (QED) is 0.865. The molecule has 1 aliphatic carbocycles. The Morgan fingerprint density at radius 1 is 1.45 bits per heavy atom. The number of halogens is 1. The highest BCUT2D eigenvalue weighted by Gasteiger charge is 2.33. The van der Waals surface area contributed by atoms with Gasteiger partial charge in [-0.1, -0.05) is 0 Å². The van der Waals surface area contributed by atoms with Crippen LogP contribution in [0.3, 0.4) is 0 Å². The lowest BCUT2D eigenvalue weighted by molar-refractivity contribution is 0.0525. The number of ether oxygens (including phenoxy) is 1. The lowest BCUT2D eigenvalue weighted by atomic mass is 10.0. The molecule has 0 aromatic heterocycles. The van der Waals surface area contributed by atoms with Crippen LogP contribution in [0.4, 0.5) is 4.39 Å². The largest absolute Gasteiger partial charge is 0.462 e. The van der Waals surface area contributed by atoms with Crippen LogP contribution in [0.15, 0.2) is 12.1 Å². The van der Waals surface area contributed by atoms with Gasteiger partial charge in [-0.3, -0.25) is 0 Å². The molecule has 0 fully saturated rings. The normalized spacial score (nSPS) is 18.9. The first-order valence-electron chi connectivity index (χ1n) is 7.42. The Labute approximate surface area is 133 Å². The number of nitrogens with one attached hydrogen (secondary N) is 1. The van der Waals surface area contributed by atoms with Gasteiger partial charge < -0.3 is 4.74 Å². The van der Waals surface area contributed by atoms with E-state index >= 15 is 0 Å². The molecule has 0 saturated carbocycles. The first kappa shape index (κ1) is 17.1. The molecule has 4 nitrogen and oxygen atoms in total. The van der Waals surface area contributed by atoms with Gasteiger partial charge in [0.2, 0.25) is 0 Å². The van der Waals surface area contributed by atoms with E-state index in [0.717, 1.165) is 0 Å². The molecule has 0 unspecified atom stereocenters. The highest BCUT2D eigenvalue weighted by atomic mass is 32.2. The third-order valence-electron chi connectivity index (χ3n) is 3.64. The number of hydrogen-bond acceptors (Lipinski definition) is 3. The van der Waals surface area contributed by atoms with Crippen LogP contribution in [0.25, 0.3) is 0 Å². The van der Waals surface area contributed by atoms with Crippen molar-refractivity contribution >= 4 is 17.0 Å². The monoisotopic (exact) mass is 327 g/mol. The standard InChI is InChI=1S/C16H22FNO3S/c1-5-21-15(19)11-6-8-12(17)14-10(11)7-9-13(14)18-22(20)16(2,3)4/h6,8,13,18H,5,7,9H2,1-4H3/t13-,22-/m0/s1. The van der Waals surface area contributed by atoms with Crippen LogP contribution in [0.1, 0.15) is 61.6 Å². The highest BCUT2D eigenvalue weighted by Crippen LogP contribution is 2.36. The molecule has 6 heteroatoms. The first-order chi connectivity index (χ1) is 10.3. The van der Waals surface area contributed by atoms with E-state index in [1.165, 1.54) is 12.1 Å². The molecular weight excluding hydrogens is 305 g/mol. The summed E-state index contributed by atoms with van der Waals surface area (Å²) in [5.74, 6) is -0.805. The van der Waals surface area contributed by atoms with E-state index in [9.17, 15) is 13.4 Å². The number of carbonyl (C=O) groups is 1. The Morgan fingerprint density at radius 3 is 2.73 bits per heavy atom. The third-order valence-corrected chi connectivity index (χ3v) is 5.25. The van der Waals surface area contributed by atoms with E-state index in [2.05, 4.69) is 4.72 Å². The number of fused-ring (bicyclic) bond motifs is 1. The Morgan fingerprint density at radius 2 is 2.14 bits per heavy atom. The fourth-order valence-electron chi connectivity index (χ4n) is 2.54. The van der Waals surface area contributed by atoms with E-state index in [4.69, 9.17) is 4.74 Å². The van der Waals surface area contributed by atoms with E-state index in [0.29, 0.717) is 29.5 Å². The van der Waals surface area contributed by atoms with Crippen molar-refractivity contribution in [3.8, 4) is 0 Å². The zero-order valence-corrected chi connectivity index (χ0v) is 14.2. The van der Waals surface area contributed by atoms with Gasteiger partial charge in [0.15, 0.2) is 0 Å². The maximum Gasteiger partial charge on any atom is 0.338 e. The summed E-state index contributed by atoms with van der Waals surface area (Å²) in [6.07, 6.45) is 1.19. The molecule has 0 aliphatic heterocycles. The average molecular weight is 327 g/mol. The summed E-state index contributed by atoms with van der Waals surface area (Å²) in [7, 11) is -1.30. The van der Waals surface area contributed by atoms with Crippen molar-refractivity contribution in [1.82, 2.24) is 4.72 Å². The van der Waals surface area contributed by atoms with Crippen LogP contribution >= 0.6 is 0 Å². The Hall–Kier alpha value is -1.27. The van der Waals surface area contributed by atoms with Crippen LogP contribution in [0, 0.1) is 5.82 Å². The summed E-state index contributed by atoms with van der Waals surface area (Å²) in [4.78, 5) is 12.0. The first-order valence-corrected chi connectivity index (χ1v) is 8.57. The van der Waals surface area contributed by atoms with Gasteiger partial charge in [0, 0.05) is 11.6 Å². The van der Waals surface area contributed by atoms with Gasteiger partial charge in [-0.05, 0) is 58.2 Å². The van der Waals surface area contributed by atoms with Gasteiger partial charge in [-0.15, -0.1) is 0 Å². The Kier molecular flexibility index (Phi) is 5.02. The molecule has 0 spiro atoms.